The molecule has 2 aromatic carbocycles. The van der Waals surface area contributed by atoms with Gasteiger partial charge in [0.05, 0.1) is 34.4 Å². The number of hydrogen-bond acceptors (Lipinski definition) is 7. The quantitative estimate of drug-likeness (QED) is 0.168. The largest absolute Gasteiger partial charge is 0.491 e. The molecular weight excluding hydrogens is 649 g/mol. The summed E-state index contributed by atoms with van der Waals surface area (Å²) in [4.78, 5) is 25.6. The van der Waals surface area contributed by atoms with Crippen LogP contribution < -0.4 is 9.46 Å². The highest BCUT2D eigenvalue weighted by Crippen LogP contribution is 2.46. The maximum absolute atomic E-state index is 14.2. The molecular formula is C32H42ClF3N2O7S. The second-order valence-corrected chi connectivity index (χ2v) is 14.2. The summed E-state index contributed by atoms with van der Waals surface area (Å²) >= 11 is 6.37. The van der Waals surface area contributed by atoms with Gasteiger partial charge in [-0.25, -0.2) is 13.2 Å². The number of likely N-dealkylation sites (tertiary alicyclic amines) is 1. The number of carbonyl (C=O) groups is 2. The zero-order chi connectivity index (χ0) is 34.1. The summed E-state index contributed by atoms with van der Waals surface area (Å²) in [5, 5.41) is -0.664. The normalized spacial score (nSPS) is 14.6. The van der Waals surface area contributed by atoms with E-state index in [1.807, 2.05) is 0 Å². The Morgan fingerprint density at radius 1 is 1.04 bits per heavy atom. The molecule has 0 bridgehead atoms. The molecule has 1 heterocycles. The van der Waals surface area contributed by atoms with Crippen molar-refractivity contribution in [1.82, 2.24) is 4.90 Å². The SMILES string of the molecule is CCOC(=O)CCCCCc1c(NS(=O)(=O)c2ccccc2)cc(C(F)(F)F)c(Cl)c1OCC1CCN(C(=O)OC(C)(C)C)CC1. The molecule has 14 heteroatoms. The van der Waals surface area contributed by atoms with Gasteiger partial charge in [0.25, 0.3) is 10.0 Å². The van der Waals surface area contributed by atoms with E-state index in [1.54, 1.807) is 38.7 Å². The number of amides is 1. The number of unbranched alkanes of at least 4 members (excludes halogenated alkanes) is 2. The number of anilines is 1. The minimum atomic E-state index is -4.90. The van der Waals surface area contributed by atoms with E-state index < -0.39 is 38.5 Å². The average molecular weight is 691 g/mol. The first-order valence-corrected chi connectivity index (χ1v) is 17.1. The number of alkyl halides is 3. The molecule has 0 spiro atoms. The number of sulfonamides is 1. The number of nitrogens with one attached hydrogen (secondary N) is 1. The number of carbonyl (C=O) groups excluding carboxylic acids is 2. The summed E-state index contributed by atoms with van der Waals surface area (Å²) < 4.78 is 87.9. The monoisotopic (exact) mass is 690 g/mol. The zero-order valence-corrected chi connectivity index (χ0v) is 28.1. The van der Waals surface area contributed by atoms with Crippen LogP contribution in [0.25, 0.3) is 0 Å². The summed E-state index contributed by atoms with van der Waals surface area (Å²) in [6.07, 6.45) is -2.59. The molecule has 0 radical (unpaired) electrons. The van der Waals surface area contributed by atoms with E-state index in [4.69, 9.17) is 25.8 Å². The van der Waals surface area contributed by atoms with Crippen molar-refractivity contribution < 1.29 is 45.4 Å². The van der Waals surface area contributed by atoms with E-state index in [9.17, 15) is 31.2 Å². The molecule has 0 unspecified atom stereocenters. The first-order chi connectivity index (χ1) is 21.5. The Labute approximate surface area is 273 Å². The van der Waals surface area contributed by atoms with Gasteiger partial charge in [-0.05, 0) is 83.9 Å². The Balaban J connectivity index is 1.89. The van der Waals surface area contributed by atoms with E-state index in [1.165, 1.54) is 24.3 Å². The number of esters is 1. The standard InChI is InChI=1S/C32H42ClF3N2O7S/c1-5-43-27(39)15-11-7-10-14-24-26(37-46(41,42)23-12-8-6-9-13-23)20-25(32(34,35)36)28(33)29(24)44-21-22-16-18-38(19-17-22)30(40)45-31(2,3)4/h6,8-9,12-13,20,22,37H,5,7,10-11,14-19,21H2,1-4H3. The van der Waals surface area contributed by atoms with Crippen molar-refractivity contribution in [2.75, 3.05) is 31.0 Å². The summed E-state index contributed by atoms with van der Waals surface area (Å²) in [7, 11) is -4.27. The minimum absolute atomic E-state index is 0.00389. The van der Waals surface area contributed by atoms with Crippen LogP contribution in [0.5, 0.6) is 5.75 Å². The smallest absolute Gasteiger partial charge is 0.418 e. The van der Waals surface area contributed by atoms with E-state index >= 15 is 0 Å². The van der Waals surface area contributed by atoms with E-state index in [2.05, 4.69) is 4.72 Å². The molecule has 0 atom stereocenters. The minimum Gasteiger partial charge on any atom is -0.491 e. The third-order valence-corrected chi connectivity index (χ3v) is 9.03. The van der Waals surface area contributed by atoms with Crippen LogP contribution in [-0.4, -0.2) is 57.3 Å². The summed E-state index contributed by atoms with van der Waals surface area (Å²) in [6.45, 7) is 8.06. The lowest BCUT2D eigenvalue weighted by Crippen LogP contribution is -2.42. The Hall–Kier alpha value is -3.19. The third-order valence-electron chi connectivity index (χ3n) is 7.27. The van der Waals surface area contributed by atoms with Crippen molar-refractivity contribution in [2.24, 2.45) is 5.92 Å². The Morgan fingerprint density at radius 2 is 1.70 bits per heavy atom. The maximum atomic E-state index is 14.2. The number of piperidine rings is 1. The highest BCUT2D eigenvalue weighted by atomic mass is 35.5. The van der Waals surface area contributed by atoms with Gasteiger partial charge < -0.3 is 19.1 Å². The van der Waals surface area contributed by atoms with Gasteiger partial charge in [-0.1, -0.05) is 36.2 Å². The van der Waals surface area contributed by atoms with Crippen molar-refractivity contribution in [3.63, 3.8) is 0 Å². The lowest BCUT2D eigenvalue weighted by molar-refractivity contribution is -0.143. The number of halogens is 4. The van der Waals surface area contributed by atoms with Crippen LogP contribution in [0.4, 0.5) is 23.7 Å². The van der Waals surface area contributed by atoms with Crippen molar-refractivity contribution in [3.05, 3.63) is 52.5 Å². The molecule has 2 aromatic rings. The molecule has 256 valence electrons. The lowest BCUT2D eigenvalue weighted by atomic mass is 9.97. The van der Waals surface area contributed by atoms with Gasteiger partial charge in [0.2, 0.25) is 0 Å². The predicted molar refractivity (Wildman–Crippen MR) is 169 cm³/mol. The predicted octanol–water partition coefficient (Wildman–Crippen LogP) is 7.85. The third kappa shape index (κ3) is 11.0. The van der Waals surface area contributed by atoms with Gasteiger partial charge in [-0.3, -0.25) is 9.52 Å². The van der Waals surface area contributed by atoms with E-state index in [0.29, 0.717) is 51.3 Å². The average Bonchev–Trinajstić information content (AvgIpc) is 2.97. The Morgan fingerprint density at radius 3 is 2.28 bits per heavy atom. The fraction of sp³-hybridized carbons (Fsp3) is 0.562. The van der Waals surface area contributed by atoms with Gasteiger partial charge in [0.1, 0.15) is 11.4 Å². The van der Waals surface area contributed by atoms with Crippen molar-refractivity contribution in [3.8, 4) is 5.75 Å². The van der Waals surface area contributed by atoms with E-state index in [-0.39, 0.29) is 59.8 Å². The first kappa shape index (κ1) is 37.3. The van der Waals surface area contributed by atoms with Crippen LogP contribution in [0.1, 0.15) is 77.3 Å². The van der Waals surface area contributed by atoms with Gasteiger partial charge in [-0.2, -0.15) is 13.2 Å². The second-order valence-electron chi connectivity index (χ2n) is 12.1. The Bertz CT molecular complexity index is 1440. The van der Waals surface area contributed by atoms with Crippen LogP contribution in [0.3, 0.4) is 0 Å². The van der Waals surface area contributed by atoms with Gasteiger partial charge in [0, 0.05) is 25.1 Å². The Kier molecular flexibility index (Phi) is 13.0. The second kappa shape index (κ2) is 16.1. The van der Waals surface area contributed by atoms with E-state index in [0.717, 1.165) is 0 Å². The fourth-order valence-corrected chi connectivity index (χ4v) is 6.40. The fourth-order valence-electron chi connectivity index (χ4n) is 4.96. The molecule has 0 aromatic heterocycles. The molecule has 1 saturated heterocycles. The van der Waals surface area contributed by atoms with Gasteiger partial charge in [-0.15, -0.1) is 0 Å². The zero-order valence-electron chi connectivity index (χ0n) is 26.5. The number of nitrogens with zero attached hydrogens (tertiary/aromatic N) is 1. The van der Waals surface area contributed by atoms with Crippen LogP contribution >= 0.6 is 11.6 Å². The number of ether oxygens (including phenoxy) is 3. The summed E-state index contributed by atoms with van der Waals surface area (Å²) in [6, 6.07) is 7.99. The molecule has 1 aliphatic rings. The highest BCUT2D eigenvalue weighted by molar-refractivity contribution is 7.92. The highest BCUT2D eigenvalue weighted by Gasteiger charge is 2.37. The van der Waals surface area contributed by atoms with Crippen molar-refractivity contribution in [1.29, 1.82) is 0 Å². The van der Waals surface area contributed by atoms with Crippen LogP contribution in [0.2, 0.25) is 5.02 Å². The maximum Gasteiger partial charge on any atom is 0.418 e. The van der Waals surface area contributed by atoms with Crippen LogP contribution in [0.15, 0.2) is 41.3 Å². The number of hydrogen-bond donors (Lipinski definition) is 1. The summed E-state index contributed by atoms with van der Waals surface area (Å²) in [5.41, 5.74) is -1.99. The number of rotatable bonds is 13. The molecule has 46 heavy (non-hydrogen) atoms. The molecule has 1 fully saturated rings. The van der Waals surface area contributed by atoms with Crippen molar-refractivity contribution >= 4 is 39.4 Å². The van der Waals surface area contributed by atoms with Gasteiger partial charge in [0.15, 0.2) is 0 Å². The topological polar surface area (TPSA) is 111 Å². The lowest BCUT2D eigenvalue weighted by Gasteiger charge is -2.33. The van der Waals surface area contributed by atoms with Crippen molar-refractivity contribution in [2.45, 2.75) is 89.3 Å². The molecule has 9 nitrogen and oxygen atoms in total. The first-order valence-electron chi connectivity index (χ1n) is 15.3. The molecule has 3 rings (SSSR count). The summed E-state index contributed by atoms with van der Waals surface area (Å²) in [5.74, 6) is -0.702. The molecule has 0 aliphatic carbocycles. The number of benzene rings is 2. The van der Waals surface area contributed by atoms with Gasteiger partial charge >= 0.3 is 18.2 Å². The molecule has 1 N–H and O–H groups in total. The van der Waals surface area contributed by atoms with Crippen LogP contribution in [0, 0.1) is 5.92 Å². The molecule has 0 saturated carbocycles. The molecule has 1 amide bonds. The molecule has 1 aliphatic heterocycles. The van der Waals surface area contributed by atoms with Crippen LogP contribution in [-0.2, 0) is 36.9 Å².